The Kier molecular flexibility index (Phi) is 7.72. The van der Waals surface area contributed by atoms with Crippen LogP contribution >= 0.6 is 11.6 Å². The Morgan fingerprint density at radius 1 is 0.971 bits per heavy atom. The fourth-order valence-electron chi connectivity index (χ4n) is 2.52. The van der Waals surface area contributed by atoms with Gasteiger partial charge in [0.2, 0.25) is 0 Å². The Labute approximate surface area is 191 Å². The van der Waals surface area contributed by atoms with Crippen molar-refractivity contribution in [2.75, 3.05) is 4.72 Å². The molecule has 0 saturated heterocycles. The predicted molar refractivity (Wildman–Crippen MR) is 103 cm³/mol. The number of rotatable bonds is 6. The van der Waals surface area contributed by atoms with Crippen molar-refractivity contribution in [1.82, 2.24) is 0 Å². The molecule has 2 rings (SSSR count). The minimum atomic E-state index is -5.84. The average Bonchev–Trinajstić information content (AvgIpc) is 2.66. The zero-order chi connectivity index (χ0) is 26.1. The van der Waals surface area contributed by atoms with E-state index in [4.69, 9.17) is 16.4 Å². The molecule has 1 N–H and O–H groups in total. The van der Waals surface area contributed by atoms with Gasteiger partial charge in [0.25, 0.3) is 0 Å². The molecule has 0 aliphatic heterocycles. The third-order valence-corrected chi connectivity index (χ3v) is 5.41. The third kappa shape index (κ3) is 6.68. The summed E-state index contributed by atoms with van der Waals surface area (Å²) in [6.45, 7) is -0.00582. The van der Waals surface area contributed by atoms with E-state index in [1.807, 2.05) is 0 Å². The van der Waals surface area contributed by atoms with Gasteiger partial charge in [-0.2, -0.15) is 47.9 Å². The highest BCUT2D eigenvalue weighted by Crippen LogP contribution is 2.37. The second-order valence-electron chi connectivity index (χ2n) is 6.56. The van der Waals surface area contributed by atoms with Gasteiger partial charge in [0.05, 0.1) is 22.5 Å². The van der Waals surface area contributed by atoms with Crippen molar-refractivity contribution in [1.29, 1.82) is 0 Å². The molecular formula is C18H12ClF9N2O3S. The molecule has 0 spiro atoms. The van der Waals surface area contributed by atoms with Gasteiger partial charge in [-0.25, -0.2) is 0 Å². The Balaban J connectivity index is 2.38. The standard InChI is InChI=1S/C18H12ClF9N2O3S/c1-9(13-7-12(19)3-5-15(13)30-34(31,32)18(26,27)28)29-33-8-10-6-11(16(20,21)22)2-4-14(10)17(23,24)25/h2-7,30H,8H2,1H3/b29-9+. The zero-order valence-corrected chi connectivity index (χ0v) is 18.1. The van der Waals surface area contributed by atoms with Gasteiger partial charge >= 0.3 is 27.9 Å². The van der Waals surface area contributed by atoms with Gasteiger partial charge in [-0.3, -0.25) is 4.72 Å². The zero-order valence-electron chi connectivity index (χ0n) is 16.5. The Hall–Kier alpha value is -2.68. The molecule has 188 valence electrons. The highest BCUT2D eigenvalue weighted by atomic mass is 35.5. The molecule has 0 heterocycles. The van der Waals surface area contributed by atoms with Crippen LogP contribution in [0.1, 0.15) is 29.2 Å². The highest BCUT2D eigenvalue weighted by molar-refractivity contribution is 7.93. The van der Waals surface area contributed by atoms with Gasteiger partial charge in [0.15, 0.2) is 0 Å². The molecule has 0 amide bonds. The van der Waals surface area contributed by atoms with Crippen LogP contribution in [0.5, 0.6) is 0 Å². The van der Waals surface area contributed by atoms with Crippen LogP contribution in [-0.2, 0) is 33.8 Å². The van der Waals surface area contributed by atoms with E-state index in [0.29, 0.717) is 0 Å². The van der Waals surface area contributed by atoms with Gasteiger partial charge in [-0.05, 0) is 43.3 Å². The van der Waals surface area contributed by atoms with E-state index in [1.54, 1.807) is 0 Å². The lowest BCUT2D eigenvalue weighted by Gasteiger charge is -2.16. The topological polar surface area (TPSA) is 67.8 Å². The molecule has 0 unspecified atom stereocenters. The molecule has 0 fully saturated rings. The van der Waals surface area contributed by atoms with Gasteiger partial charge in [0, 0.05) is 16.1 Å². The lowest BCUT2D eigenvalue weighted by molar-refractivity contribution is -0.142. The van der Waals surface area contributed by atoms with E-state index in [-0.39, 0.29) is 34.5 Å². The van der Waals surface area contributed by atoms with Crippen molar-refractivity contribution in [3.63, 3.8) is 0 Å². The van der Waals surface area contributed by atoms with Gasteiger partial charge in [-0.1, -0.05) is 16.8 Å². The van der Waals surface area contributed by atoms with Crippen molar-refractivity contribution < 1.29 is 52.8 Å². The molecule has 34 heavy (non-hydrogen) atoms. The summed E-state index contributed by atoms with van der Waals surface area (Å²) < 4.78 is 140. The maximum Gasteiger partial charge on any atom is 0.516 e. The normalized spacial score (nSPS) is 13.7. The van der Waals surface area contributed by atoms with Crippen LogP contribution in [0, 0.1) is 0 Å². The Morgan fingerprint density at radius 3 is 2.12 bits per heavy atom. The molecule has 0 saturated carbocycles. The van der Waals surface area contributed by atoms with Crippen LogP contribution in [0.4, 0.5) is 45.2 Å². The Morgan fingerprint density at radius 2 is 1.59 bits per heavy atom. The number of nitrogens with one attached hydrogen (secondary N) is 1. The first-order valence-corrected chi connectivity index (χ1v) is 10.5. The number of oxime groups is 1. The maximum absolute atomic E-state index is 13.1. The second-order valence-corrected chi connectivity index (χ2v) is 8.67. The smallest absolute Gasteiger partial charge is 0.391 e. The molecule has 5 nitrogen and oxygen atoms in total. The molecule has 0 bridgehead atoms. The van der Waals surface area contributed by atoms with Crippen LogP contribution in [-0.4, -0.2) is 19.6 Å². The summed E-state index contributed by atoms with van der Waals surface area (Å²) in [4.78, 5) is 4.71. The largest absolute Gasteiger partial charge is 0.516 e. The summed E-state index contributed by atoms with van der Waals surface area (Å²) in [7, 11) is -5.84. The van der Waals surface area contributed by atoms with E-state index < -0.39 is 56.9 Å². The van der Waals surface area contributed by atoms with Crippen LogP contribution < -0.4 is 4.72 Å². The highest BCUT2D eigenvalue weighted by Gasteiger charge is 2.46. The summed E-state index contributed by atoms with van der Waals surface area (Å²) >= 11 is 5.76. The van der Waals surface area contributed by atoms with E-state index in [2.05, 4.69) is 5.16 Å². The molecular weight excluding hydrogens is 531 g/mol. The number of hydrogen-bond acceptors (Lipinski definition) is 4. The van der Waals surface area contributed by atoms with E-state index in [1.165, 1.54) is 4.72 Å². The summed E-state index contributed by atoms with van der Waals surface area (Å²) in [6.07, 6.45) is -9.96. The van der Waals surface area contributed by atoms with Gasteiger partial charge < -0.3 is 4.84 Å². The molecule has 2 aromatic rings. The average molecular weight is 543 g/mol. The second kappa shape index (κ2) is 9.52. The number of anilines is 1. The van der Waals surface area contributed by atoms with E-state index >= 15 is 0 Å². The number of sulfonamides is 1. The predicted octanol–water partition coefficient (Wildman–Crippen LogP) is 6.58. The summed E-state index contributed by atoms with van der Waals surface area (Å²) in [6, 6.07) is 3.59. The molecule has 0 aromatic heterocycles. The lowest BCUT2D eigenvalue weighted by Crippen LogP contribution is -2.30. The lowest BCUT2D eigenvalue weighted by atomic mass is 10.0. The Bertz CT molecular complexity index is 1190. The number of nitrogens with zero attached hydrogens (tertiary/aromatic N) is 1. The van der Waals surface area contributed by atoms with E-state index in [0.717, 1.165) is 25.1 Å². The number of halogens is 10. The molecule has 0 atom stereocenters. The van der Waals surface area contributed by atoms with Gasteiger partial charge in [-0.15, -0.1) is 0 Å². The molecule has 0 radical (unpaired) electrons. The fraction of sp³-hybridized carbons (Fsp3) is 0.278. The quantitative estimate of drug-likeness (QED) is 0.255. The minimum absolute atomic E-state index is 0.0725. The monoisotopic (exact) mass is 542 g/mol. The maximum atomic E-state index is 13.1. The molecule has 0 aliphatic rings. The van der Waals surface area contributed by atoms with Crippen molar-refractivity contribution in [2.45, 2.75) is 31.4 Å². The van der Waals surface area contributed by atoms with Crippen molar-refractivity contribution in [3.05, 3.63) is 63.7 Å². The number of hydrogen-bond donors (Lipinski definition) is 1. The summed E-state index contributed by atoms with van der Waals surface area (Å²) in [5, 5.41) is 3.32. The molecule has 16 heteroatoms. The summed E-state index contributed by atoms with van der Waals surface area (Å²) in [5.41, 5.74) is -10.7. The number of benzene rings is 2. The fourth-order valence-corrected chi connectivity index (χ4v) is 3.28. The first kappa shape index (κ1) is 27.6. The van der Waals surface area contributed by atoms with Crippen LogP contribution in [0.3, 0.4) is 0 Å². The van der Waals surface area contributed by atoms with Gasteiger partial charge in [0.1, 0.15) is 6.61 Å². The van der Waals surface area contributed by atoms with Crippen molar-refractivity contribution in [3.8, 4) is 0 Å². The van der Waals surface area contributed by atoms with E-state index in [9.17, 15) is 47.9 Å². The summed E-state index contributed by atoms with van der Waals surface area (Å²) in [5.74, 6) is 0. The SMILES string of the molecule is C/C(=N\OCc1cc(C(F)(F)F)ccc1C(F)(F)F)c1cc(Cl)ccc1NS(=O)(=O)C(F)(F)F. The van der Waals surface area contributed by atoms with Crippen LogP contribution in [0.15, 0.2) is 41.6 Å². The van der Waals surface area contributed by atoms with Crippen LogP contribution in [0.2, 0.25) is 5.02 Å². The number of alkyl halides is 9. The first-order chi connectivity index (χ1) is 15.3. The molecule has 0 aliphatic carbocycles. The van der Waals surface area contributed by atoms with Crippen molar-refractivity contribution >= 4 is 33.0 Å². The van der Waals surface area contributed by atoms with Crippen LogP contribution in [0.25, 0.3) is 0 Å². The minimum Gasteiger partial charge on any atom is -0.391 e. The third-order valence-electron chi connectivity index (χ3n) is 4.08. The molecule has 2 aromatic carbocycles. The van der Waals surface area contributed by atoms with Crippen molar-refractivity contribution in [2.24, 2.45) is 5.16 Å². The first-order valence-electron chi connectivity index (χ1n) is 8.66.